The molecule has 0 radical (unpaired) electrons. The van der Waals surface area contributed by atoms with Gasteiger partial charge in [-0.25, -0.2) is 4.98 Å². The Morgan fingerprint density at radius 1 is 1.52 bits per heavy atom. The number of rotatable bonds is 4. The summed E-state index contributed by atoms with van der Waals surface area (Å²) in [5.41, 5.74) is 1.26. The van der Waals surface area contributed by atoms with Crippen molar-refractivity contribution in [2.45, 2.75) is 52.5 Å². The van der Waals surface area contributed by atoms with Crippen molar-refractivity contribution >= 4 is 17.3 Å². The average Bonchev–Trinajstić information content (AvgIpc) is 2.88. The van der Waals surface area contributed by atoms with Crippen LogP contribution in [0, 0.1) is 5.92 Å². The van der Waals surface area contributed by atoms with E-state index < -0.39 is 0 Å². The van der Waals surface area contributed by atoms with Crippen molar-refractivity contribution in [1.29, 1.82) is 0 Å². The minimum atomic E-state index is -0.0447. The molecule has 2 rings (SSSR count). The van der Waals surface area contributed by atoms with E-state index in [1.807, 2.05) is 6.92 Å². The van der Waals surface area contributed by atoms with Gasteiger partial charge in [0.1, 0.15) is 5.01 Å². The second kappa shape index (κ2) is 6.88. The van der Waals surface area contributed by atoms with Crippen LogP contribution in [0.5, 0.6) is 0 Å². The number of hydrogen-bond acceptors (Lipinski definition) is 5. The second-order valence-electron chi connectivity index (χ2n) is 6.70. The summed E-state index contributed by atoms with van der Waals surface area (Å²) in [6.07, 6.45) is 2.00. The van der Waals surface area contributed by atoms with Gasteiger partial charge in [-0.05, 0) is 26.3 Å². The van der Waals surface area contributed by atoms with Crippen LogP contribution in [0.4, 0.5) is 0 Å². The van der Waals surface area contributed by atoms with Crippen molar-refractivity contribution in [3.63, 3.8) is 0 Å². The molecule has 1 unspecified atom stereocenters. The van der Waals surface area contributed by atoms with E-state index in [1.54, 1.807) is 11.3 Å². The molecule has 2 heterocycles. The van der Waals surface area contributed by atoms with E-state index in [9.17, 15) is 4.79 Å². The highest BCUT2D eigenvalue weighted by Crippen LogP contribution is 2.26. The summed E-state index contributed by atoms with van der Waals surface area (Å²) in [4.78, 5) is 18.9. The maximum atomic E-state index is 11.9. The van der Waals surface area contributed by atoms with Gasteiger partial charge >= 0.3 is 5.97 Å². The third-order valence-corrected chi connectivity index (χ3v) is 4.64. The van der Waals surface area contributed by atoms with Gasteiger partial charge in [0, 0.05) is 17.3 Å². The maximum Gasteiger partial charge on any atom is 0.310 e. The van der Waals surface area contributed by atoms with Crippen molar-refractivity contribution in [2.75, 3.05) is 19.7 Å². The highest BCUT2D eigenvalue weighted by Gasteiger charge is 2.27. The Morgan fingerprint density at radius 2 is 2.29 bits per heavy atom. The lowest BCUT2D eigenvalue weighted by Crippen LogP contribution is -2.38. The van der Waals surface area contributed by atoms with Crippen molar-refractivity contribution in [2.24, 2.45) is 5.92 Å². The summed E-state index contributed by atoms with van der Waals surface area (Å²) in [6, 6.07) is 0. The third kappa shape index (κ3) is 4.51. The Labute approximate surface area is 131 Å². The number of carbonyl (C=O) groups excluding carboxylic acids is 1. The quantitative estimate of drug-likeness (QED) is 0.801. The average molecular weight is 310 g/mol. The van der Waals surface area contributed by atoms with Crippen LogP contribution in [0.15, 0.2) is 5.38 Å². The molecule has 0 aliphatic carbocycles. The lowest BCUT2D eigenvalue weighted by Gasteiger charge is -2.30. The molecule has 1 aliphatic heterocycles. The fourth-order valence-corrected chi connectivity index (χ4v) is 3.63. The number of carbonyl (C=O) groups is 1. The van der Waals surface area contributed by atoms with Crippen LogP contribution in [0.25, 0.3) is 0 Å². The first-order valence-electron chi connectivity index (χ1n) is 7.74. The lowest BCUT2D eigenvalue weighted by molar-refractivity contribution is -0.150. The van der Waals surface area contributed by atoms with E-state index in [0.29, 0.717) is 6.61 Å². The largest absolute Gasteiger partial charge is 0.466 e. The van der Waals surface area contributed by atoms with E-state index in [2.05, 4.69) is 31.1 Å². The molecule has 118 valence electrons. The number of likely N-dealkylation sites (tertiary alicyclic amines) is 1. The smallest absolute Gasteiger partial charge is 0.310 e. The van der Waals surface area contributed by atoms with Crippen molar-refractivity contribution < 1.29 is 9.53 Å². The third-order valence-electron chi connectivity index (χ3n) is 3.80. The Morgan fingerprint density at radius 3 is 2.90 bits per heavy atom. The molecule has 0 bridgehead atoms. The van der Waals surface area contributed by atoms with Crippen LogP contribution < -0.4 is 0 Å². The molecule has 21 heavy (non-hydrogen) atoms. The van der Waals surface area contributed by atoms with Gasteiger partial charge in [0.25, 0.3) is 0 Å². The van der Waals surface area contributed by atoms with Gasteiger partial charge in [0.2, 0.25) is 0 Å². The van der Waals surface area contributed by atoms with Crippen molar-refractivity contribution in [3.05, 3.63) is 16.1 Å². The zero-order valence-corrected chi connectivity index (χ0v) is 14.3. The number of piperidine rings is 1. The van der Waals surface area contributed by atoms with Crippen LogP contribution in [-0.4, -0.2) is 35.5 Å². The van der Waals surface area contributed by atoms with E-state index >= 15 is 0 Å². The summed E-state index contributed by atoms with van der Waals surface area (Å²) >= 11 is 1.72. The molecular formula is C16H26N2O2S. The molecule has 1 saturated heterocycles. The molecule has 1 fully saturated rings. The van der Waals surface area contributed by atoms with Gasteiger partial charge in [-0.15, -0.1) is 11.3 Å². The highest BCUT2D eigenvalue weighted by molar-refractivity contribution is 7.09. The summed E-state index contributed by atoms with van der Waals surface area (Å²) in [5, 5.41) is 3.30. The summed E-state index contributed by atoms with van der Waals surface area (Å²) in [6.45, 7) is 11.6. The van der Waals surface area contributed by atoms with Crippen LogP contribution in [0.2, 0.25) is 0 Å². The molecule has 1 aromatic heterocycles. The summed E-state index contributed by atoms with van der Waals surface area (Å²) in [5.74, 6) is -0.0162. The highest BCUT2D eigenvalue weighted by atomic mass is 32.1. The zero-order chi connectivity index (χ0) is 15.5. The number of hydrogen-bond donors (Lipinski definition) is 0. The number of esters is 1. The summed E-state index contributed by atoms with van der Waals surface area (Å²) in [7, 11) is 0. The molecular weight excluding hydrogens is 284 g/mol. The second-order valence-corrected chi connectivity index (χ2v) is 7.65. The van der Waals surface area contributed by atoms with Gasteiger partial charge in [-0.2, -0.15) is 0 Å². The van der Waals surface area contributed by atoms with Crippen LogP contribution in [0.1, 0.15) is 51.2 Å². The van der Waals surface area contributed by atoms with Crippen LogP contribution in [0.3, 0.4) is 0 Å². The van der Waals surface area contributed by atoms with Crippen LogP contribution in [-0.2, 0) is 21.5 Å². The predicted octanol–water partition coefficient (Wildman–Crippen LogP) is 3.22. The molecule has 1 aromatic rings. The number of thiazole rings is 1. The van der Waals surface area contributed by atoms with Crippen molar-refractivity contribution in [3.8, 4) is 0 Å². The normalized spacial score (nSPS) is 20.5. The maximum absolute atomic E-state index is 11.9. The van der Waals surface area contributed by atoms with Gasteiger partial charge < -0.3 is 4.74 Å². The van der Waals surface area contributed by atoms with E-state index in [1.165, 1.54) is 0 Å². The Hall–Kier alpha value is -0.940. The van der Waals surface area contributed by atoms with Crippen molar-refractivity contribution in [1.82, 2.24) is 9.88 Å². The van der Waals surface area contributed by atoms with E-state index in [0.717, 1.165) is 43.2 Å². The molecule has 0 saturated carbocycles. The minimum Gasteiger partial charge on any atom is -0.466 e. The molecule has 0 amide bonds. The molecule has 0 spiro atoms. The first-order valence-corrected chi connectivity index (χ1v) is 8.62. The van der Waals surface area contributed by atoms with E-state index in [4.69, 9.17) is 9.72 Å². The standard InChI is InChI=1S/C16H26N2O2S/c1-5-20-15(19)12-7-6-8-18(9-12)10-14-17-13(11-21-14)16(2,3)4/h11-12H,5-10H2,1-4H3. The molecule has 4 nitrogen and oxygen atoms in total. The molecule has 5 heteroatoms. The molecule has 0 N–H and O–H groups in total. The van der Waals surface area contributed by atoms with Gasteiger partial charge in [0.15, 0.2) is 0 Å². The Bertz CT molecular complexity index is 479. The fourth-order valence-electron chi connectivity index (χ4n) is 2.57. The lowest BCUT2D eigenvalue weighted by atomic mass is 9.93. The fraction of sp³-hybridized carbons (Fsp3) is 0.750. The SMILES string of the molecule is CCOC(=O)C1CCCN(Cc2nc(C(C)(C)C)cs2)C1. The molecule has 0 aromatic carbocycles. The van der Waals surface area contributed by atoms with E-state index in [-0.39, 0.29) is 17.3 Å². The summed E-state index contributed by atoms with van der Waals surface area (Å²) < 4.78 is 5.15. The van der Waals surface area contributed by atoms with Crippen LogP contribution >= 0.6 is 11.3 Å². The Balaban J connectivity index is 1.93. The number of ether oxygens (including phenoxy) is 1. The van der Waals surface area contributed by atoms with Gasteiger partial charge in [-0.1, -0.05) is 20.8 Å². The zero-order valence-electron chi connectivity index (χ0n) is 13.5. The Kier molecular flexibility index (Phi) is 5.38. The first kappa shape index (κ1) is 16.4. The molecule has 1 atom stereocenters. The number of nitrogens with zero attached hydrogens (tertiary/aromatic N) is 2. The topological polar surface area (TPSA) is 42.4 Å². The monoisotopic (exact) mass is 310 g/mol. The number of aromatic nitrogens is 1. The first-order chi connectivity index (χ1) is 9.90. The predicted molar refractivity (Wildman–Crippen MR) is 85.4 cm³/mol. The minimum absolute atomic E-state index is 0.0285. The van der Waals surface area contributed by atoms with Gasteiger partial charge in [-0.3, -0.25) is 9.69 Å². The molecule has 1 aliphatic rings. The van der Waals surface area contributed by atoms with Gasteiger partial charge in [0.05, 0.1) is 24.8 Å².